The van der Waals surface area contributed by atoms with Crippen LogP contribution in [-0.2, 0) is 15.7 Å². The van der Waals surface area contributed by atoms with E-state index >= 15 is 0 Å². The van der Waals surface area contributed by atoms with E-state index in [2.05, 4.69) is 64.3 Å². The quantitative estimate of drug-likeness (QED) is 0.491. The van der Waals surface area contributed by atoms with Crippen LogP contribution < -0.4 is 0 Å². The van der Waals surface area contributed by atoms with Gasteiger partial charge in [-0.1, -0.05) is 48.6 Å². The van der Waals surface area contributed by atoms with E-state index in [4.69, 9.17) is 0 Å². The first-order valence-electron chi connectivity index (χ1n) is 7.58. The van der Waals surface area contributed by atoms with Gasteiger partial charge in [0, 0.05) is 0 Å². The second-order valence-electron chi connectivity index (χ2n) is 4.52. The maximum absolute atomic E-state index is 3.83. The Balaban J connectivity index is 0.000000284. The van der Waals surface area contributed by atoms with Gasteiger partial charge in [0.25, 0.3) is 0 Å². The Bertz CT molecular complexity index is 215. The van der Waals surface area contributed by atoms with E-state index in [9.17, 15) is 0 Å². The van der Waals surface area contributed by atoms with Gasteiger partial charge in [0.15, 0.2) is 0 Å². The van der Waals surface area contributed by atoms with Crippen LogP contribution in [0.4, 0.5) is 0 Å². The van der Waals surface area contributed by atoms with Crippen molar-refractivity contribution in [2.75, 3.05) is 0 Å². The molecule has 2 aliphatic rings. The maximum atomic E-state index is 3.83. The Morgan fingerprint density at radius 1 is 0.632 bits per heavy atom. The van der Waals surface area contributed by atoms with Crippen molar-refractivity contribution in [3.05, 3.63) is 48.6 Å². The molecule has 110 valence electrons. The average molecular weight is 304 g/mol. The van der Waals surface area contributed by atoms with E-state index < -0.39 is 0 Å². The summed E-state index contributed by atoms with van der Waals surface area (Å²) in [6, 6.07) is 0. The fraction of sp³-hybridized carbons (Fsp3) is 0.556. The van der Waals surface area contributed by atoms with Gasteiger partial charge in [-0.05, 0) is 51.4 Å². The van der Waals surface area contributed by atoms with Crippen molar-refractivity contribution >= 4 is 0 Å². The van der Waals surface area contributed by atoms with Gasteiger partial charge in [-0.15, -0.1) is 0 Å². The summed E-state index contributed by atoms with van der Waals surface area (Å²) in [6.45, 7) is 1.99. The summed E-state index contributed by atoms with van der Waals surface area (Å²) in [4.78, 5) is 0. The molecule has 0 saturated carbocycles. The Kier molecular flexibility index (Phi) is 17.0. The van der Waals surface area contributed by atoms with E-state index in [1.165, 1.54) is 51.4 Å². The SMILES string of the molecule is C1=CCCCCC=C1.C1=CCCCCC=C1.C[CH2][Co]. The first-order valence-corrected chi connectivity index (χ1v) is 8.31. The first kappa shape index (κ1) is 18.5. The minimum absolute atomic E-state index is 0.938. The van der Waals surface area contributed by atoms with Crippen LogP contribution in [0.2, 0.25) is 5.36 Å². The van der Waals surface area contributed by atoms with Gasteiger partial charge < -0.3 is 0 Å². The molecule has 0 spiro atoms. The molecule has 0 bridgehead atoms. The summed E-state index contributed by atoms with van der Waals surface area (Å²) in [5.41, 5.74) is 0. The van der Waals surface area contributed by atoms with E-state index in [1.54, 1.807) is 0 Å². The Labute approximate surface area is 128 Å². The van der Waals surface area contributed by atoms with E-state index in [0.29, 0.717) is 0 Å². The molecule has 0 amide bonds. The number of allylic oxidation sites excluding steroid dienone is 8. The normalized spacial score (nSPS) is 17.8. The topological polar surface area (TPSA) is 0 Å². The summed E-state index contributed by atoms with van der Waals surface area (Å²) in [5.74, 6) is 0. The van der Waals surface area contributed by atoms with Crippen LogP contribution in [-0.4, -0.2) is 0 Å². The van der Waals surface area contributed by atoms with Gasteiger partial charge in [0.1, 0.15) is 0 Å². The van der Waals surface area contributed by atoms with Gasteiger partial charge in [-0.25, -0.2) is 0 Å². The van der Waals surface area contributed by atoms with Gasteiger partial charge in [0.2, 0.25) is 0 Å². The molecule has 1 heteroatoms. The zero-order valence-electron chi connectivity index (χ0n) is 12.3. The molecule has 0 atom stereocenters. The predicted octanol–water partition coefficient (Wildman–Crippen LogP) is 6.32. The monoisotopic (exact) mass is 304 g/mol. The fourth-order valence-electron chi connectivity index (χ4n) is 1.75. The molecule has 2 aliphatic carbocycles. The molecule has 0 unspecified atom stereocenters. The molecular formula is C18H29Co. The van der Waals surface area contributed by atoms with Crippen LogP contribution in [0.25, 0.3) is 0 Å². The molecule has 0 aliphatic heterocycles. The van der Waals surface area contributed by atoms with Gasteiger partial charge in [0.05, 0.1) is 0 Å². The zero-order valence-corrected chi connectivity index (χ0v) is 13.4. The molecule has 0 aromatic rings. The van der Waals surface area contributed by atoms with Crippen molar-refractivity contribution in [1.82, 2.24) is 0 Å². The third-order valence-electron chi connectivity index (χ3n) is 2.75. The molecule has 0 fully saturated rings. The van der Waals surface area contributed by atoms with Crippen LogP contribution in [0.3, 0.4) is 0 Å². The van der Waals surface area contributed by atoms with Crippen molar-refractivity contribution in [2.24, 2.45) is 0 Å². The van der Waals surface area contributed by atoms with Crippen LogP contribution in [0.5, 0.6) is 0 Å². The van der Waals surface area contributed by atoms with Gasteiger partial charge >= 0.3 is 28.0 Å². The third-order valence-corrected chi connectivity index (χ3v) is 2.75. The first-order chi connectivity index (χ1) is 9.41. The number of hydrogen-bond acceptors (Lipinski definition) is 0. The van der Waals surface area contributed by atoms with Crippen LogP contribution in [0.1, 0.15) is 58.3 Å². The standard InChI is InChI=1S/2C8H12.C2H5.Co/c2*1-2-4-6-8-7-5-3-1;1-2;/h2*1-4H,5-8H2;1H2,2H3;. The predicted molar refractivity (Wildman–Crippen MR) is 84.0 cm³/mol. The summed E-state index contributed by atoms with van der Waals surface area (Å²) < 4.78 is 0. The molecule has 0 heterocycles. The van der Waals surface area contributed by atoms with Gasteiger partial charge in [-0.2, -0.15) is 0 Å². The van der Waals surface area contributed by atoms with Crippen molar-refractivity contribution in [3.8, 4) is 0 Å². The molecule has 0 nitrogen and oxygen atoms in total. The second kappa shape index (κ2) is 17.5. The van der Waals surface area contributed by atoms with Gasteiger partial charge in [-0.3, -0.25) is 0 Å². The van der Waals surface area contributed by atoms with Crippen molar-refractivity contribution in [2.45, 2.75) is 63.6 Å². The molecule has 0 aromatic carbocycles. The second-order valence-corrected chi connectivity index (χ2v) is 5.25. The Morgan fingerprint density at radius 2 is 0.842 bits per heavy atom. The molecule has 0 saturated heterocycles. The molecule has 0 aromatic heterocycles. The van der Waals surface area contributed by atoms with Crippen molar-refractivity contribution in [3.63, 3.8) is 0 Å². The van der Waals surface area contributed by atoms with Crippen LogP contribution in [0.15, 0.2) is 48.6 Å². The average Bonchev–Trinajstić information content (AvgIpc) is 2.28. The number of hydrogen-bond donors (Lipinski definition) is 0. The summed E-state index contributed by atoms with van der Waals surface area (Å²) in [6.07, 6.45) is 28.0. The van der Waals surface area contributed by atoms with Crippen molar-refractivity contribution in [1.29, 1.82) is 0 Å². The summed E-state index contributed by atoms with van der Waals surface area (Å²) in [5, 5.41) is 0.938. The van der Waals surface area contributed by atoms with E-state index in [0.717, 1.165) is 5.36 Å². The van der Waals surface area contributed by atoms with Crippen LogP contribution >= 0.6 is 0 Å². The third kappa shape index (κ3) is 17.5. The summed E-state index contributed by atoms with van der Waals surface area (Å²) >= 11 is 3.83. The summed E-state index contributed by atoms with van der Waals surface area (Å²) in [7, 11) is 0. The fourth-order valence-corrected chi connectivity index (χ4v) is 1.75. The molecule has 0 N–H and O–H groups in total. The molecular weight excluding hydrogens is 275 g/mol. The van der Waals surface area contributed by atoms with E-state index in [1.807, 2.05) is 6.92 Å². The zero-order chi connectivity index (χ0) is 14.0. The molecule has 19 heavy (non-hydrogen) atoms. The molecule has 2 rings (SSSR count). The number of rotatable bonds is 0. The molecule has 0 radical (unpaired) electrons. The van der Waals surface area contributed by atoms with Crippen molar-refractivity contribution < 1.29 is 15.7 Å². The minimum atomic E-state index is 0.938. The Morgan fingerprint density at radius 3 is 1.05 bits per heavy atom. The van der Waals surface area contributed by atoms with Crippen LogP contribution in [0, 0.1) is 0 Å². The van der Waals surface area contributed by atoms with E-state index in [-0.39, 0.29) is 0 Å². The Hall–Kier alpha value is -0.534.